The fourth-order valence-corrected chi connectivity index (χ4v) is 3.16. The van der Waals surface area contributed by atoms with Crippen LogP contribution in [0.15, 0.2) is 29.2 Å². The Kier molecular flexibility index (Phi) is 5.46. The number of rotatable bonds is 5. The maximum atomic E-state index is 12.2. The van der Waals surface area contributed by atoms with Gasteiger partial charge in [0.15, 0.2) is 14.2 Å². The lowest BCUT2D eigenvalue weighted by molar-refractivity contribution is -0.121. The Hall–Kier alpha value is -0.780. The van der Waals surface area contributed by atoms with Gasteiger partial charge in [-0.2, -0.15) is 0 Å². The topological polar surface area (TPSA) is 63.2 Å². The number of hydrogen-bond donors (Lipinski definition) is 1. The van der Waals surface area contributed by atoms with Gasteiger partial charge in [0.1, 0.15) is 0 Å². The third-order valence-corrected chi connectivity index (χ3v) is 4.90. The molecule has 1 aromatic rings. The van der Waals surface area contributed by atoms with Crippen LogP contribution >= 0.6 is 23.2 Å². The van der Waals surface area contributed by atoms with Crippen molar-refractivity contribution in [2.45, 2.75) is 36.0 Å². The van der Waals surface area contributed by atoms with Crippen molar-refractivity contribution in [1.82, 2.24) is 5.32 Å². The first-order valence-electron chi connectivity index (χ1n) is 6.00. The smallest absolute Gasteiger partial charge is 0.256 e. The van der Waals surface area contributed by atoms with E-state index >= 15 is 0 Å². The quantitative estimate of drug-likeness (QED) is 0.839. The van der Waals surface area contributed by atoms with Gasteiger partial charge in [-0.25, -0.2) is 8.42 Å². The van der Waals surface area contributed by atoms with Crippen molar-refractivity contribution in [2.75, 3.05) is 5.75 Å². The maximum Gasteiger partial charge on any atom is 0.256 e. The van der Waals surface area contributed by atoms with Crippen molar-refractivity contribution in [3.05, 3.63) is 29.8 Å². The zero-order valence-electron chi connectivity index (χ0n) is 11.5. The van der Waals surface area contributed by atoms with E-state index in [1.54, 1.807) is 31.2 Å². The Morgan fingerprint density at radius 3 is 2.25 bits per heavy atom. The summed E-state index contributed by atoms with van der Waals surface area (Å²) < 4.78 is 22.8. The molecule has 1 atom stereocenters. The third kappa shape index (κ3) is 4.96. The van der Waals surface area contributed by atoms with Gasteiger partial charge in [-0.3, -0.25) is 4.79 Å². The molecule has 0 spiro atoms. The molecule has 0 fully saturated rings. The molecule has 0 radical (unpaired) electrons. The lowest BCUT2D eigenvalue weighted by atomic mass is 10.2. The number of sulfone groups is 1. The molecule has 1 unspecified atom stereocenters. The summed E-state index contributed by atoms with van der Waals surface area (Å²) in [6.07, 6.45) is 0. The number of alkyl halides is 2. The summed E-state index contributed by atoms with van der Waals surface area (Å²) in [5, 5.41) is 2.48. The lowest BCUT2D eigenvalue weighted by Crippen LogP contribution is -2.44. The van der Waals surface area contributed by atoms with Gasteiger partial charge in [-0.15, -0.1) is 0 Å². The van der Waals surface area contributed by atoms with Gasteiger partial charge >= 0.3 is 0 Å². The van der Waals surface area contributed by atoms with E-state index in [0.29, 0.717) is 0 Å². The summed E-state index contributed by atoms with van der Waals surface area (Å²) >= 11 is 11.3. The molecule has 1 aromatic carbocycles. The van der Waals surface area contributed by atoms with E-state index < -0.39 is 26.1 Å². The molecule has 7 heteroatoms. The maximum absolute atomic E-state index is 12.2. The average molecular weight is 338 g/mol. The Balaban J connectivity index is 2.76. The van der Waals surface area contributed by atoms with Gasteiger partial charge in [0.25, 0.3) is 5.91 Å². The molecule has 0 aliphatic heterocycles. The van der Waals surface area contributed by atoms with E-state index in [0.717, 1.165) is 5.56 Å². The molecular weight excluding hydrogens is 321 g/mol. The Bertz CT molecular complexity index is 577. The van der Waals surface area contributed by atoms with E-state index in [9.17, 15) is 13.2 Å². The summed E-state index contributed by atoms with van der Waals surface area (Å²) in [4.78, 5) is 11.8. The molecule has 0 saturated heterocycles. The number of hydrogen-bond acceptors (Lipinski definition) is 3. The van der Waals surface area contributed by atoms with Crippen molar-refractivity contribution < 1.29 is 13.2 Å². The molecule has 0 bridgehead atoms. The van der Waals surface area contributed by atoms with Crippen molar-refractivity contribution >= 4 is 38.9 Å². The van der Waals surface area contributed by atoms with Crippen LogP contribution in [0, 0.1) is 6.92 Å². The molecule has 1 amide bonds. The van der Waals surface area contributed by atoms with Gasteiger partial charge in [0.2, 0.25) is 0 Å². The number of carbonyl (C=O) groups is 1. The zero-order chi connectivity index (χ0) is 15.6. The minimum Gasteiger partial charge on any atom is -0.350 e. The first-order chi connectivity index (χ1) is 9.02. The van der Waals surface area contributed by atoms with Crippen LogP contribution in [-0.4, -0.2) is 30.5 Å². The summed E-state index contributed by atoms with van der Waals surface area (Å²) in [5.74, 6) is -0.835. The van der Waals surface area contributed by atoms with Gasteiger partial charge in [-0.1, -0.05) is 40.9 Å². The van der Waals surface area contributed by atoms with Crippen molar-refractivity contribution in [3.8, 4) is 0 Å². The van der Waals surface area contributed by atoms with E-state index in [2.05, 4.69) is 5.32 Å². The number of nitrogens with one attached hydrogen (secondary N) is 1. The first-order valence-corrected chi connectivity index (χ1v) is 8.41. The van der Waals surface area contributed by atoms with Crippen molar-refractivity contribution in [3.63, 3.8) is 0 Å². The highest BCUT2D eigenvalue weighted by Crippen LogP contribution is 2.20. The molecule has 20 heavy (non-hydrogen) atoms. The molecule has 112 valence electrons. The van der Waals surface area contributed by atoms with Crippen LogP contribution in [0.3, 0.4) is 0 Å². The predicted molar refractivity (Wildman–Crippen MR) is 80.9 cm³/mol. The van der Waals surface area contributed by atoms with Crippen LogP contribution in [0.2, 0.25) is 0 Å². The predicted octanol–water partition coefficient (Wildman–Crippen LogP) is 2.47. The van der Waals surface area contributed by atoms with Crippen LogP contribution in [-0.2, 0) is 14.6 Å². The third-order valence-electron chi connectivity index (χ3n) is 2.63. The SMILES string of the molecule is Cc1ccc(S(=O)(=O)CC(C)NC(=O)C(C)(Cl)Cl)cc1. The highest BCUT2D eigenvalue weighted by atomic mass is 35.5. The zero-order valence-corrected chi connectivity index (χ0v) is 13.8. The second-order valence-electron chi connectivity index (χ2n) is 4.86. The Morgan fingerprint density at radius 2 is 1.80 bits per heavy atom. The second-order valence-corrected chi connectivity index (χ2v) is 8.60. The van der Waals surface area contributed by atoms with Crippen LogP contribution in [0.5, 0.6) is 0 Å². The highest BCUT2D eigenvalue weighted by Gasteiger charge is 2.29. The summed E-state index contributed by atoms with van der Waals surface area (Å²) in [7, 11) is -3.47. The first kappa shape index (κ1) is 17.3. The molecular formula is C13H17Cl2NO3S. The number of amides is 1. The lowest BCUT2D eigenvalue weighted by Gasteiger charge is -2.18. The van der Waals surface area contributed by atoms with Gasteiger partial charge in [0.05, 0.1) is 10.6 Å². The van der Waals surface area contributed by atoms with Crippen LogP contribution < -0.4 is 5.32 Å². The fourth-order valence-electron chi connectivity index (χ4n) is 1.56. The van der Waals surface area contributed by atoms with Crippen LogP contribution in [0.25, 0.3) is 0 Å². The van der Waals surface area contributed by atoms with Gasteiger partial charge < -0.3 is 5.32 Å². The molecule has 4 nitrogen and oxygen atoms in total. The average Bonchev–Trinajstić information content (AvgIpc) is 2.27. The largest absolute Gasteiger partial charge is 0.350 e. The number of aryl methyl sites for hydroxylation is 1. The second kappa shape index (κ2) is 6.33. The molecule has 0 saturated carbocycles. The van der Waals surface area contributed by atoms with E-state index in [1.165, 1.54) is 6.92 Å². The van der Waals surface area contributed by atoms with Gasteiger partial charge in [-0.05, 0) is 32.9 Å². The Morgan fingerprint density at radius 1 is 1.30 bits per heavy atom. The standard InChI is InChI=1S/C13H17Cl2NO3S/c1-9-4-6-11(7-5-9)20(18,19)8-10(2)16-12(17)13(3,14)15/h4-7,10H,8H2,1-3H3,(H,16,17). The fraction of sp³-hybridized carbons (Fsp3) is 0.462. The molecule has 0 aromatic heterocycles. The molecule has 0 aliphatic carbocycles. The summed E-state index contributed by atoms with van der Waals surface area (Å²) in [6.45, 7) is 4.79. The van der Waals surface area contributed by atoms with Gasteiger partial charge in [0, 0.05) is 6.04 Å². The molecule has 1 rings (SSSR count). The molecule has 1 N–H and O–H groups in total. The number of carbonyl (C=O) groups excluding carboxylic acids is 1. The summed E-state index contributed by atoms with van der Waals surface area (Å²) in [5.41, 5.74) is 0.977. The monoisotopic (exact) mass is 337 g/mol. The minimum atomic E-state index is -3.47. The molecule has 0 aliphatic rings. The van der Waals surface area contributed by atoms with Crippen LogP contribution in [0.4, 0.5) is 0 Å². The van der Waals surface area contributed by atoms with E-state index in [1.807, 2.05) is 6.92 Å². The van der Waals surface area contributed by atoms with Crippen LogP contribution in [0.1, 0.15) is 19.4 Å². The number of halogens is 2. The van der Waals surface area contributed by atoms with E-state index in [4.69, 9.17) is 23.2 Å². The van der Waals surface area contributed by atoms with E-state index in [-0.39, 0.29) is 10.6 Å². The normalized spacial score (nSPS) is 13.8. The minimum absolute atomic E-state index is 0.217. The molecule has 0 heterocycles. The van der Waals surface area contributed by atoms with Crippen molar-refractivity contribution in [2.24, 2.45) is 0 Å². The number of benzene rings is 1. The van der Waals surface area contributed by atoms with Crippen molar-refractivity contribution in [1.29, 1.82) is 0 Å². The summed E-state index contributed by atoms with van der Waals surface area (Å²) in [6, 6.07) is 5.96. The Labute approximate surface area is 129 Å². The highest BCUT2D eigenvalue weighted by molar-refractivity contribution is 7.91.